The molecule has 5 rings (SSSR count). The van der Waals surface area contributed by atoms with Gasteiger partial charge in [-0.05, 0) is 19.1 Å². The number of para-hydroxylation sites is 2. The third kappa shape index (κ3) is 3.70. The number of carbonyl (C=O) groups is 1. The maximum Gasteiger partial charge on any atom is 0.287 e. The molecular formula is C23H20N2O3S2. The van der Waals surface area contributed by atoms with E-state index in [1.165, 1.54) is 0 Å². The number of nitrogens with one attached hydrogen (secondary N) is 1. The van der Waals surface area contributed by atoms with Gasteiger partial charge in [0.05, 0.1) is 12.6 Å². The van der Waals surface area contributed by atoms with Gasteiger partial charge in [-0.1, -0.05) is 48.2 Å². The zero-order valence-electron chi connectivity index (χ0n) is 16.4. The van der Waals surface area contributed by atoms with Crippen LogP contribution in [0.2, 0.25) is 0 Å². The van der Waals surface area contributed by atoms with Crippen LogP contribution in [-0.4, -0.2) is 17.5 Å². The number of nitrogens with zero attached hydrogens (tertiary/aromatic N) is 1. The van der Waals surface area contributed by atoms with Gasteiger partial charge < -0.3 is 14.5 Å². The van der Waals surface area contributed by atoms with Crippen molar-refractivity contribution in [3.63, 3.8) is 0 Å². The van der Waals surface area contributed by atoms with Gasteiger partial charge in [0, 0.05) is 39.8 Å². The van der Waals surface area contributed by atoms with Crippen LogP contribution < -0.4 is 10.1 Å². The van der Waals surface area contributed by atoms with Gasteiger partial charge in [-0.3, -0.25) is 4.79 Å². The molecule has 0 saturated carbocycles. The van der Waals surface area contributed by atoms with E-state index in [-0.39, 0.29) is 11.9 Å². The van der Waals surface area contributed by atoms with Crippen molar-refractivity contribution >= 4 is 40.0 Å². The number of thioether (sulfide) groups is 1. The number of ether oxygens (including phenoxy) is 1. The summed E-state index contributed by atoms with van der Waals surface area (Å²) in [4.78, 5) is 17.8. The number of benzene rings is 2. The van der Waals surface area contributed by atoms with Crippen LogP contribution in [0.3, 0.4) is 0 Å². The molecule has 152 valence electrons. The van der Waals surface area contributed by atoms with E-state index in [9.17, 15) is 4.79 Å². The summed E-state index contributed by atoms with van der Waals surface area (Å²) < 4.78 is 12.7. The molecule has 1 aliphatic heterocycles. The molecule has 0 radical (unpaired) electrons. The van der Waals surface area contributed by atoms with Crippen LogP contribution in [0.5, 0.6) is 5.75 Å². The molecule has 4 aromatic rings. The van der Waals surface area contributed by atoms with Gasteiger partial charge in [0.15, 0.2) is 5.76 Å². The van der Waals surface area contributed by atoms with Crippen molar-refractivity contribution in [1.82, 2.24) is 10.3 Å². The van der Waals surface area contributed by atoms with E-state index in [0.717, 1.165) is 44.3 Å². The van der Waals surface area contributed by atoms with Gasteiger partial charge in [-0.2, -0.15) is 0 Å². The highest BCUT2D eigenvalue weighted by atomic mass is 32.2. The van der Waals surface area contributed by atoms with Crippen LogP contribution in [-0.2, 0) is 5.75 Å². The molecule has 0 unspecified atom stereocenters. The minimum atomic E-state index is -0.196. The third-order valence-electron chi connectivity index (χ3n) is 5.11. The Morgan fingerprint density at radius 2 is 2.07 bits per heavy atom. The number of aromatic nitrogens is 1. The number of hydrogen-bond donors (Lipinski definition) is 1. The molecule has 1 N–H and O–H groups in total. The average Bonchev–Trinajstić information content (AvgIpc) is 3.35. The lowest BCUT2D eigenvalue weighted by Crippen LogP contribution is -2.32. The van der Waals surface area contributed by atoms with E-state index in [4.69, 9.17) is 9.15 Å². The lowest BCUT2D eigenvalue weighted by atomic mass is 10.0. The van der Waals surface area contributed by atoms with Crippen molar-refractivity contribution in [1.29, 1.82) is 0 Å². The van der Waals surface area contributed by atoms with E-state index < -0.39 is 0 Å². The highest BCUT2D eigenvalue weighted by Gasteiger charge is 2.27. The quantitative estimate of drug-likeness (QED) is 0.404. The maximum atomic E-state index is 13.3. The van der Waals surface area contributed by atoms with Crippen LogP contribution in [0.25, 0.3) is 11.0 Å². The Balaban J connectivity index is 1.44. The summed E-state index contributed by atoms with van der Waals surface area (Å²) in [7, 11) is 0. The van der Waals surface area contributed by atoms with Crippen molar-refractivity contribution in [3.05, 3.63) is 76.5 Å². The predicted octanol–water partition coefficient (Wildman–Crippen LogP) is 5.74. The minimum absolute atomic E-state index is 0.0993. The fourth-order valence-corrected chi connectivity index (χ4v) is 5.55. The van der Waals surface area contributed by atoms with Gasteiger partial charge >= 0.3 is 0 Å². The summed E-state index contributed by atoms with van der Waals surface area (Å²) in [6.07, 6.45) is 0.728. The first-order valence-electron chi connectivity index (χ1n) is 9.77. The Hall–Kier alpha value is -2.77. The van der Waals surface area contributed by atoms with E-state index in [1.807, 2.05) is 60.8 Å². The van der Waals surface area contributed by atoms with Gasteiger partial charge in [-0.15, -0.1) is 11.3 Å². The van der Waals surface area contributed by atoms with Crippen LogP contribution >= 0.6 is 23.1 Å². The third-order valence-corrected chi connectivity index (χ3v) is 7.27. The second kappa shape index (κ2) is 8.16. The molecule has 7 heteroatoms. The average molecular weight is 437 g/mol. The Kier molecular flexibility index (Phi) is 5.23. The molecule has 3 heterocycles. The fourth-order valence-electron chi connectivity index (χ4n) is 3.67. The normalized spacial score (nSPS) is 15.6. The number of rotatable bonds is 5. The smallest absolute Gasteiger partial charge is 0.287 e. The first-order valence-corrected chi connectivity index (χ1v) is 11.6. The minimum Gasteiger partial charge on any atom is -0.493 e. The molecule has 30 heavy (non-hydrogen) atoms. The number of fused-ring (bicyclic) bond motifs is 2. The topological polar surface area (TPSA) is 64.4 Å². The highest BCUT2D eigenvalue weighted by molar-refractivity contribution is 8.00. The molecule has 0 fully saturated rings. The van der Waals surface area contributed by atoms with E-state index in [0.29, 0.717) is 18.1 Å². The molecule has 1 amide bonds. The molecule has 2 aromatic carbocycles. The summed E-state index contributed by atoms with van der Waals surface area (Å²) in [5.74, 6) is 1.63. The summed E-state index contributed by atoms with van der Waals surface area (Å²) in [5, 5.41) is 6.16. The molecule has 5 nitrogen and oxygen atoms in total. The second-order valence-electron chi connectivity index (χ2n) is 7.15. The Bertz CT molecular complexity index is 1210. The van der Waals surface area contributed by atoms with E-state index in [2.05, 4.69) is 10.3 Å². The highest BCUT2D eigenvalue weighted by Crippen LogP contribution is 2.35. The summed E-state index contributed by atoms with van der Waals surface area (Å²) in [6, 6.07) is 15.5. The van der Waals surface area contributed by atoms with Crippen LogP contribution in [0.1, 0.15) is 39.8 Å². The maximum absolute atomic E-state index is 13.3. The fraction of sp³-hybridized carbons (Fsp3) is 0.217. The Morgan fingerprint density at radius 1 is 1.23 bits per heavy atom. The van der Waals surface area contributed by atoms with Crippen LogP contribution in [0.4, 0.5) is 0 Å². The lowest BCUT2D eigenvalue weighted by molar-refractivity contribution is 0.0898. The van der Waals surface area contributed by atoms with Gasteiger partial charge in [0.25, 0.3) is 5.91 Å². The molecule has 0 bridgehead atoms. The molecular weight excluding hydrogens is 416 g/mol. The van der Waals surface area contributed by atoms with Crippen molar-refractivity contribution in [3.8, 4) is 5.75 Å². The standard InChI is InChI=1S/C23H20N2O3S2/c1-14-12-29-23(24-14)30-13-17-15-6-2-5-9-20(15)28-21(17)22(26)25-18-10-11-27-19-8-4-3-7-16(18)19/h2-9,12,18H,10-11,13H2,1H3,(H,25,26)/t18-/m1/s1. The van der Waals surface area contributed by atoms with Gasteiger partial charge in [0.2, 0.25) is 0 Å². The van der Waals surface area contributed by atoms with Crippen molar-refractivity contribution in [2.75, 3.05) is 6.61 Å². The number of hydrogen-bond acceptors (Lipinski definition) is 6. The molecule has 2 aromatic heterocycles. The molecule has 0 aliphatic carbocycles. The van der Waals surface area contributed by atoms with Gasteiger partial charge in [-0.25, -0.2) is 4.98 Å². The molecule has 0 saturated heterocycles. The lowest BCUT2D eigenvalue weighted by Gasteiger charge is -2.26. The van der Waals surface area contributed by atoms with E-state index in [1.54, 1.807) is 23.1 Å². The van der Waals surface area contributed by atoms with Crippen LogP contribution in [0, 0.1) is 6.92 Å². The number of furan rings is 1. The Labute approximate surface area is 182 Å². The number of aryl methyl sites for hydroxylation is 1. The van der Waals surface area contributed by atoms with Gasteiger partial charge in [0.1, 0.15) is 15.7 Å². The molecule has 1 atom stereocenters. The summed E-state index contributed by atoms with van der Waals surface area (Å²) in [6.45, 7) is 2.56. The zero-order valence-corrected chi connectivity index (χ0v) is 18.0. The monoisotopic (exact) mass is 436 g/mol. The molecule has 1 aliphatic rings. The predicted molar refractivity (Wildman–Crippen MR) is 119 cm³/mol. The summed E-state index contributed by atoms with van der Waals surface area (Å²) >= 11 is 3.25. The Morgan fingerprint density at radius 3 is 2.93 bits per heavy atom. The van der Waals surface area contributed by atoms with Crippen molar-refractivity contribution < 1.29 is 13.9 Å². The largest absolute Gasteiger partial charge is 0.493 e. The van der Waals surface area contributed by atoms with Crippen LogP contribution in [0.15, 0.2) is 62.7 Å². The van der Waals surface area contributed by atoms with E-state index >= 15 is 0 Å². The van der Waals surface area contributed by atoms with Crippen molar-refractivity contribution in [2.24, 2.45) is 0 Å². The number of thiazole rings is 1. The zero-order chi connectivity index (χ0) is 20.5. The second-order valence-corrected chi connectivity index (χ2v) is 9.23. The number of carbonyl (C=O) groups excluding carboxylic acids is 1. The first-order chi connectivity index (χ1) is 14.7. The number of amides is 1. The first kappa shape index (κ1) is 19.2. The molecule has 0 spiro atoms. The SMILES string of the molecule is Cc1csc(SCc2c(C(=O)N[C@@H]3CCOc4ccccc43)oc3ccccc23)n1. The summed E-state index contributed by atoms with van der Waals surface area (Å²) in [5.41, 5.74) is 3.64. The van der Waals surface area contributed by atoms with Crippen molar-refractivity contribution in [2.45, 2.75) is 29.5 Å².